The molecule has 2 rings (SSSR count). The lowest BCUT2D eigenvalue weighted by Gasteiger charge is -2.37. The van der Waals surface area contributed by atoms with Gasteiger partial charge in [-0.15, -0.1) is 11.3 Å². The molecule has 1 N–H and O–H groups in total. The van der Waals surface area contributed by atoms with Crippen molar-refractivity contribution in [1.82, 2.24) is 5.32 Å². The molecule has 1 nitrogen and oxygen atoms in total. The van der Waals surface area contributed by atoms with Gasteiger partial charge in [-0.2, -0.15) is 0 Å². The molecule has 17 heavy (non-hydrogen) atoms. The van der Waals surface area contributed by atoms with Crippen molar-refractivity contribution in [2.75, 3.05) is 6.54 Å². The summed E-state index contributed by atoms with van der Waals surface area (Å²) in [5.41, 5.74) is 0.521. The van der Waals surface area contributed by atoms with Gasteiger partial charge in [0.25, 0.3) is 0 Å². The normalized spacial score (nSPS) is 20.6. The first kappa shape index (κ1) is 13.1. The van der Waals surface area contributed by atoms with Gasteiger partial charge >= 0.3 is 0 Å². The standard InChI is InChI=1S/C15H25NS/c1-4-15(10-6-7-11-15)14(16-5-2)13-9-8-12(3)17-13/h8-9,14,16H,4-7,10-11H2,1-3H3. The zero-order chi connectivity index (χ0) is 12.3. The van der Waals surface area contributed by atoms with Crippen LogP contribution in [0.15, 0.2) is 12.1 Å². The highest BCUT2D eigenvalue weighted by molar-refractivity contribution is 7.12. The van der Waals surface area contributed by atoms with Crippen molar-refractivity contribution >= 4 is 11.3 Å². The summed E-state index contributed by atoms with van der Waals surface area (Å²) in [7, 11) is 0. The van der Waals surface area contributed by atoms with Gasteiger partial charge in [0.05, 0.1) is 0 Å². The first-order chi connectivity index (χ1) is 8.22. The van der Waals surface area contributed by atoms with E-state index >= 15 is 0 Å². The van der Waals surface area contributed by atoms with Crippen LogP contribution in [-0.2, 0) is 0 Å². The average Bonchev–Trinajstić information content (AvgIpc) is 2.95. The second-order valence-corrected chi connectivity index (χ2v) is 6.68. The Bertz CT molecular complexity index is 350. The van der Waals surface area contributed by atoms with Crippen LogP contribution in [0.25, 0.3) is 0 Å². The third-order valence-corrected chi connectivity index (χ3v) is 5.44. The molecule has 0 saturated heterocycles. The molecule has 1 fully saturated rings. The number of rotatable bonds is 5. The summed E-state index contributed by atoms with van der Waals surface area (Å²) in [5, 5.41) is 3.76. The van der Waals surface area contributed by atoms with Crippen LogP contribution in [0.4, 0.5) is 0 Å². The molecule has 0 aromatic carbocycles. The fourth-order valence-corrected chi connectivity index (χ4v) is 4.45. The molecular formula is C15H25NS. The van der Waals surface area contributed by atoms with Gasteiger partial charge in [0.1, 0.15) is 0 Å². The minimum Gasteiger partial charge on any atom is -0.309 e. The first-order valence-corrected chi connectivity index (χ1v) is 7.83. The van der Waals surface area contributed by atoms with E-state index in [9.17, 15) is 0 Å². The Balaban J connectivity index is 2.27. The van der Waals surface area contributed by atoms with Crippen LogP contribution in [0.3, 0.4) is 0 Å². The van der Waals surface area contributed by atoms with E-state index in [0.29, 0.717) is 11.5 Å². The summed E-state index contributed by atoms with van der Waals surface area (Å²) in [5.74, 6) is 0. The zero-order valence-corrected chi connectivity index (χ0v) is 12.2. The lowest BCUT2D eigenvalue weighted by Crippen LogP contribution is -2.35. The highest BCUT2D eigenvalue weighted by Crippen LogP contribution is 2.51. The monoisotopic (exact) mass is 251 g/mol. The molecule has 2 heteroatoms. The van der Waals surface area contributed by atoms with E-state index in [0.717, 1.165) is 6.54 Å². The molecule has 0 amide bonds. The van der Waals surface area contributed by atoms with Gasteiger partial charge in [0, 0.05) is 15.8 Å². The number of nitrogens with one attached hydrogen (secondary N) is 1. The molecule has 1 aliphatic carbocycles. The summed E-state index contributed by atoms with van der Waals surface area (Å²) in [6, 6.07) is 5.19. The van der Waals surface area contributed by atoms with Crippen molar-refractivity contribution in [2.45, 2.75) is 58.9 Å². The van der Waals surface area contributed by atoms with E-state index in [1.54, 1.807) is 4.88 Å². The van der Waals surface area contributed by atoms with E-state index in [2.05, 4.69) is 38.2 Å². The second-order valence-electron chi connectivity index (χ2n) is 5.36. The topological polar surface area (TPSA) is 12.0 Å². The van der Waals surface area contributed by atoms with Crippen LogP contribution < -0.4 is 5.32 Å². The van der Waals surface area contributed by atoms with Crippen molar-refractivity contribution in [2.24, 2.45) is 5.41 Å². The van der Waals surface area contributed by atoms with Crippen LogP contribution in [0.2, 0.25) is 0 Å². The van der Waals surface area contributed by atoms with E-state index in [-0.39, 0.29) is 0 Å². The number of thiophene rings is 1. The fourth-order valence-electron chi connectivity index (χ4n) is 3.36. The Morgan fingerprint density at radius 2 is 2.00 bits per heavy atom. The maximum absolute atomic E-state index is 3.76. The molecule has 96 valence electrons. The van der Waals surface area contributed by atoms with Gasteiger partial charge < -0.3 is 5.32 Å². The van der Waals surface area contributed by atoms with Gasteiger partial charge in [-0.3, -0.25) is 0 Å². The molecule has 0 aliphatic heterocycles. The van der Waals surface area contributed by atoms with E-state index in [1.165, 1.54) is 37.0 Å². The summed E-state index contributed by atoms with van der Waals surface area (Å²) >= 11 is 1.97. The van der Waals surface area contributed by atoms with Crippen LogP contribution >= 0.6 is 11.3 Å². The molecule has 1 aromatic rings. The minimum atomic E-state index is 0.521. The van der Waals surface area contributed by atoms with E-state index in [4.69, 9.17) is 0 Å². The molecule has 1 saturated carbocycles. The molecule has 1 unspecified atom stereocenters. The molecule has 1 heterocycles. The zero-order valence-electron chi connectivity index (χ0n) is 11.4. The Hall–Kier alpha value is -0.340. The molecule has 0 bridgehead atoms. The van der Waals surface area contributed by atoms with Crippen molar-refractivity contribution in [3.05, 3.63) is 21.9 Å². The average molecular weight is 251 g/mol. The number of hydrogen-bond acceptors (Lipinski definition) is 2. The Kier molecular flexibility index (Phi) is 4.26. The molecule has 1 aliphatic rings. The lowest BCUT2D eigenvalue weighted by molar-refractivity contribution is 0.192. The summed E-state index contributed by atoms with van der Waals surface area (Å²) in [6.07, 6.45) is 6.94. The van der Waals surface area contributed by atoms with Crippen molar-refractivity contribution in [1.29, 1.82) is 0 Å². The smallest absolute Gasteiger partial charge is 0.0471 e. The Labute approximate surface area is 110 Å². The molecule has 0 radical (unpaired) electrons. The van der Waals surface area contributed by atoms with Crippen molar-refractivity contribution in [3.8, 4) is 0 Å². The minimum absolute atomic E-state index is 0.521. The van der Waals surface area contributed by atoms with Crippen LogP contribution in [0, 0.1) is 12.3 Å². The molecule has 1 aromatic heterocycles. The van der Waals surface area contributed by atoms with E-state index < -0.39 is 0 Å². The van der Waals surface area contributed by atoms with E-state index in [1.807, 2.05) is 11.3 Å². The molecular weight excluding hydrogens is 226 g/mol. The Morgan fingerprint density at radius 3 is 2.47 bits per heavy atom. The van der Waals surface area contributed by atoms with Gasteiger partial charge in [-0.05, 0) is 50.3 Å². The second kappa shape index (κ2) is 5.53. The van der Waals surface area contributed by atoms with Crippen LogP contribution in [-0.4, -0.2) is 6.54 Å². The maximum Gasteiger partial charge on any atom is 0.0471 e. The Morgan fingerprint density at radius 1 is 1.29 bits per heavy atom. The fraction of sp³-hybridized carbons (Fsp3) is 0.733. The highest BCUT2D eigenvalue weighted by atomic mass is 32.1. The molecule has 0 spiro atoms. The number of hydrogen-bond donors (Lipinski definition) is 1. The predicted octanol–water partition coefficient (Wildman–Crippen LogP) is 4.68. The third-order valence-electron chi connectivity index (χ3n) is 4.37. The predicted molar refractivity (Wildman–Crippen MR) is 76.7 cm³/mol. The number of aryl methyl sites for hydroxylation is 1. The van der Waals surface area contributed by atoms with Crippen LogP contribution in [0.5, 0.6) is 0 Å². The first-order valence-electron chi connectivity index (χ1n) is 7.01. The van der Waals surface area contributed by atoms with Crippen LogP contribution in [0.1, 0.15) is 61.7 Å². The summed E-state index contributed by atoms with van der Waals surface area (Å²) in [6.45, 7) is 7.88. The lowest BCUT2D eigenvalue weighted by atomic mass is 9.75. The van der Waals surface area contributed by atoms with Gasteiger partial charge in [0.15, 0.2) is 0 Å². The largest absolute Gasteiger partial charge is 0.309 e. The molecule has 1 atom stereocenters. The van der Waals surface area contributed by atoms with Crippen molar-refractivity contribution < 1.29 is 0 Å². The third kappa shape index (κ3) is 2.58. The van der Waals surface area contributed by atoms with Gasteiger partial charge in [-0.25, -0.2) is 0 Å². The van der Waals surface area contributed by atoms with Gasteiger partial charge in [-0.1, -0.05) is 26.7 Å². The summed E-state index contributed by atoms with van der Waals surface area (Å²) < 4.78 is 0. The SMILES string of the molecule is CCNC(c1ccc(C)s1)C1(CC)CCCC1. The maximum atomic E-state index is 3.76. The summed E-state index contributed by atoms with van der Waals surface area (Å²) in [4.78, 5) is 2.99. The van der Waals surface area contributed by atoms with Crippen molar-refractivity contribution in [3.63, 3.8) is 0 Å². The quantitative estimate of drug-likeness (QED) is 0.801. The van der Waals surface area contributed by atoms with Gasteiger partial charge in [0.2, 0.25) is 0 Å². The highest BCUT2D eigenvalue weighted by Gasteiger charge is 2.40.